The normalized spacial score (nSPS) is 23.0. The van der Waals surface area contributed by atoms with Gasteiger partial charge < -0.3 is 20.1 Å². The number of allylic oxidation sites excluding steroid dienone is 1. The van der Waals surface area contributed by atoms with E-state index in [1.54, 1.807) is 4.90 Å². The highest BCUT2D eigenvalue weighted by Gasteiger charge is 2.34. The minimum absolute atomic E-state index is 0.0454. The van der Waals surface area contributed by atoms with Crippen molar-refractivity contribution >= 4 is 12.0 Å². The fraction of sp³-hybridized carbons (Fsp3) is 0.778. The molecule has 6 nitrogen and oxygen atoms in total. The summed E-state index contributed by atoms with van der Waals surface area (Å²) < 4.78 is 5.83. The largest absolute Gasteiger partial charge is 0.480 e. The molecule has 2 aliphatic rings. The third-order valence-electron chi connectivity index (χ3n) is 4.99. The van der Waals surface area contributed by atoms with Gasteiger partial charge in [-0.25, -0.2) is 9.59 Å². The molecule has 1 aliphatic heterocycles. The molecule has 2 amide bonds. The van der Waals surface area contributed by atoms with Gasteiger partial charge in [0.15, 0.2) is 0 Å². The lowest BCUT2D eigenvalue weighted by Crippen LogP contribution is -2.53. The number of rotatable bonds is 8. The van der Waals surface area contributed by atoms with Crippen LogP contribution in [-0.4, -0.2) is 53.8 Å². The topological polar surface area (TPSA) is 78.9 Å². The highest BCUT2D eigenvalue weighted by Crippen LogP contribution is 2.28. The van der Waals surface area contributed by atoms with Crippen LogP contribution in [0.25, 0.3) is 0 Å². The first-order valence-electron chi connectivity index (χ1n) is 9.12. The van der Waals surface area contributed by atoms with E-state index >= 15 is 0 Å². The molecule has 0 aromatic heterocycles. The number of carbonyl (C=O) groups is 2. The van der Waals surface area contributed by atoms with Gasteiger partial charge in [-0.15, -0.1) is 6.58 Å². The number of ether oxygens (including phenoxy) is 1. The second-order valence-electron chi connectivity index (χ2n) is 6.82. The zero-order valence-corrected chi connectivity index (χ0v) is 14.4. The molecular formula is C18H30N2O4. The van der Waals surface area contributed by atoms with Crippen LogP contribution in [0.2, 0.25) is 0 Å². The molecule has 1 heterocycles. The Labute approximate surface area is 144 Å². The maximum Gasteiger partial charge on any atom is 0.326 e. The molecule has 1 aliphatic carbocycles. The van der Waals surface area contributed by atoms with Gasteiger partial charge in [-0.05, 0) is 44.4 Å². The number of hydrogen-bond donors (Lipinski definition) is 2. The molecule has 1 saturated heterocycles. The first-order valence-corrected chi connectivity index (χ1v) is 9.12. The quantitative estimate of drug-likeness (QED) is 0.527. The lowest BCUT2D eigenvalue weighted by Gasteiger charge is -2.34. The zero-order chi connectivity index (χ0) is 17.4. The lowest BCUT2D eigenvalue weighted by atomic mass is 9.98. The molecule has 0 aromatic carbocycles. The standard InChI is InChI=1S/C18H30N2O4/c1-2-3-6-12-24-15-10-7-11-20(13-15)18(23)19-16(17(21)22)14-8-4-5-9-14/h2,14-16H,1,3-13H2,(H,19,23)(H,21,22)/t15-,16-/m0/s1. The summed E-state index contributed by atoms with van der Waals surface area (Å²) in [6.07, 6.45) is 9.49. The molecule has 136 valence electrons. The van der Waals surface area contributed by atoms with E-state index < -0.39 is 12.0 Å². The summed E-state index contributed by atoms with van der Waals surface area (Å²) >= 11 is 0. The molecule has 2 N–H and O–H groups in total. The number of carboxylic acid groups (broad SMARTS) is 1. The van der Waals surface area contributed by atoms with E-state index in [0.717, 1.165) is 51.4 Å². The molecule has 0 unspecified atom stereocenters. The smallest absolute Gasteiger partial charge is 0.326 e. The Morgan fingerprint density at radius 1 is 1.29 bits per heavy atom. The number of nitrogens with zero attached hydrogens (tertiary/aromatic N) is 1. The number of carboxylic acids is 1. The van der Waals surface area contributed by atoms with Crippen LogP contribution in [0.5, 0.6) is 0 Å². The van der Waals surface area contributed by atoms with E-state index in [9.17, 15) is 14.7 Å². The lowest BCUT2D eigenvalue weighted by molar-refractivity contribution is -0.140. The molecule has 0 spiro atoms. The van der Waals surface area contributed by atoms with Gasteiger partial charge in [0, 0.05) is 19.7 Å². The van der Waals surface area contributed by atoms with Crippen LogP contribution < -0.4 is 5.32 Å². The van der Waals surface area contributed by atoms with Crippen molar-refractivity contribution in [1.29, 1.82) is 0 Å². The Morgan fingerprint density at radius 2 is 2.04 bits per heavy atom. The number of likely N-dealkylation sites (tertiary alicyclic amines) is 1. The number of piperidine rings is 1. The second-order valence-corrected chi connectivity index (χ2v) is 6.82. The molecule has 0 bridgehead atoms. The number of aliphatic carboxylic acids is 1. The van der Waals surface area contributed by atoms with Crippen molar-refractivity contribution in [3.05, 3.63) is 12.7 Å². The Hall–Kier alpha value is -1.56. The minimum atomic E-state index is -0.926. The maximum atomic E-state index is 12.5. The van der Waals surface area contributed by atoms with Gasteiger partial charge in [-0.3, -0.25) is 0 Å². The Morgan fingerprint density at radius 3 is 2.71 bits per heavy atom. The van der Waals surface area contributed by atoms with E-state index in [4.69, 9.17) is 4.74 Å². The van der Waals surface area contributed by atoms with Crippen molar-refractivity contribution in [3.8, 4) is 0 Å². The van der Waals surface area contributed by atoms with Crippen LogP contribution in [0.3, 0.4) is 0 Å². The number of unbranched alkanes of at least 4 members (excludes halogenated alkanes) is 1. The predicted octanol–water partition coefficient (Wildman–Crippen LogP) is 2.79. The van der Waals surface area contributed by atoms with Crippen molar-refractivity contribution in [1.82, 2.24) is 10.2 Å². The number of nitrogens with one attached hydrogen (secondary N) is 1. The molecular weight excluding hydrogens is 308 g/mol. The van der Waals surface area contributed by atoms with Gasteiger partial charge in [0.05, 0.1) is 6.10 Å². The monoisotopic (exact) mass is 338 g/mol. The molecule has 0 radical (unpaired) electrons. The van der Waals surface area contributed by atoms with Crippen molar-refractivity contribution < 1.29 is 19.4 Å². The van der Waals surface area contributed by atoms with Crippen LogP contribution in [0, 0.1) is 5.92 Å². The van der Waals surface area contributed by atoms with Crippen molar-refractivity contribution in [2.45, 2.75) is 63.5 Å². The first-order chi connectivity index (χ1) is 11.6. The average molecular weight is 338 g/mol. The first kappa shape index (κ1) is 18.8. The van der Waals surface area contributed by atoms with Gasteiger partial charge >= 0.3 is 12.0 Å². The van der Waals surface area contributed by atoms with Gasteiger partial charge in [0.1, 0.15) is 6.04 Å². The highest BCUT2D eigenvalue weighted by molar-refractivity contribution is 5.83. The summed E-state index contributed by atoms with van der Waals surface area (Å²) in [6.45, 7) is 5.56. The molecule has 2 fully saturated rings. The summed E-state index contributed by atoms with van der Waals surface area (Å²) in [7, 11) is 0. The summed E-state index contributed by atoms with van der Waals surface area (Å²) in [5, 5.41) is 12.2. The van der Waals surface area contributed by atoms with Crippen molar-refractivity contribution in [2.24, 2.45) is 5.92 Å². The maximum absolute atomic E-state index is 12.5. The van der Waals surface area contributed by atoms with Crippen LogP contribution in [0.1, 0.15) is 51.4 Å². The molecule has 24 heavy (non-hydrogen) atoms. The second kappa shape index (κ2) is 9.67. The van der Waals surface area contributed by atoms with Crippen LogP contribution in [-0.2, 0) is 9.53 Å². The fourth-order valence-corrected chi connectivity index (χ4v) is 3.63. The van der Waals surface area contributed by atoms with E-state index in [1.807, 2.05) is 6.08 Å². The van der Waals surface area contributed by atoms with Crippen LogP contribution in [0.15, 0.2) is 12.7 Å². The minimum Gasteiger partial charge on any atom is -0.480 e. The van der Waals surface area contributed by atoms with Gasteiger partial charge in [0.25, 0.3) is 0 Å². The third-order valence-corrected chi connectivity index (χ3v) is 4.99. The van der Waals surface area contributed by atoms with Crippen LogP contribution in [0.4, 0.5) is 4.79 Å². The third kappa shape index (κ3) is 5.51. The molecule has 0 aromatic rings. The summed E-state index contributed by atoms with van der Waals surface area (Å²) in [6, 6.07) is -1.04. The van der Waals surface area contributed by atoms with E-state index in [0.29, 0.717) is 19.7 Å². The van der Waals surface area contributed by atoms with Gasteiger partial charge in [-0.2, -0.15) is 0 Å². The van der Waals surface area contributed by atoms with Crippen LogP contribution >= 0.6 is 0 Å². The van der Waals surface area contributed by atoms with E-state index in [-0.39, 0.29) is 18.1 Å². The van der Waals surface area contributed by atoms with Crippen molar-refractivity contribution in [3.63, 3.8) is 0 Å². The Bertz CT molecular complexity index is 435. The fourth-order valence-electron chi connectivity index (χ4n) is 3.63. The van der Waals surface area contributed by atoms with Gasteiger partial charge in [0.2, 0.25) is 0 Å². The SMILES string of the molecule is C=CCCCO[C@H]1CCCN(C(=O)N[C@H](C(=O)O)C2CCCC2)C1. The van der Waals surface area contributed by atoms with E-state index in [1.165, 1.54) is 0 Å². The number of amides is 2. The van der Waals surface area contributed by atoms with Crippen molar-refractivity contribution in [2.75, 3.05) is 19.7 Å². The Balaban J connectivity index is 1.81. The molecule has 2 rings (SSSR count). The summed E-state index contributed by atoms with van der Waals surface area (Å²) in [5.41, 5.74) is 0. The zero-order valence-electron chi connectivity index (χ0n) is 14.4. The number of carbonyl (C=O) groups excluding carboxylic acids is 1. The molecule has 1 saturated carbocycles. The Kier molecular flexibility index (Phi) is 7.56. The number of urea groups is 1. The summed E-state index contributed by atoms with van der Waals surface area (Å²) in [5.74, 6) is -0.869. The van der Waals surface area contributed by atoms with Gasteiger partial charge in [-0.1, -0.05) is 18.9 Å². The summed E-state index contributed by atoms with van der Waals surface area (Å²) in [4.78, 5) is 25.7. The predicted molar refractivity (Wildman–Crippen MR) is 91.9 cm³/mol. The average Bonchev–Trinajstić information content (AvgIpc) is 3.10. The highest BCUT2D eigenvalue weighted by atomic mass is 16.5. The van der Waals surface area contributed by atoms with E-state index in [2.05, 4.69) is 11.9 Å². The number of hydrogen-bond acceptors (Lipinski definition) is 3. The molecule has 2 atom stereocenters. The molecule has 6 heteroatoms.